The molecule has 1 heterocycles. The number of aryl methyl sites for hydroxylation is 2. The van der Waals surface area contributed by atoms with Crippen LogP contribution in [0, 0.1) is 13.8 Å². The Morgan fingerprint density at radius 3 is 2.57 bits per heavy atom. The fraction of sp³-hybridized carbons (Fsp3) is 0.238. The van der Waals surface area contributed by atoms with E-state index in [-0.39, 0.29) is 18.2 Å². The monoisotopic (exact) mass is 480 g/mol. The van der Waals surface area contributed by atoms with Crippen LogP contribution in [0.15, 0.2) is 51.5 Å². The molecular formula is C21H19BrF2N2O4. The van der Waals surface area contributed by atoms with Gasteiger partial charge in [0.1, 0.15) is 23.9 Å². The van der Waals surface area contributed by atoms with Crippen LogP contribution >= 0.6 is 15.9 Å². The Balaban J connectivity index is 1.59. The van der Waals surface area contributed by atoms with Crippen molar-refractivity contribution in [3.8, 4) is 11.5 Å². The van der Waals surface area contributed by atoms with E-state index in [1.807, 2.05) is 13.8 Å². The molecule has 1 N–H and O–H groups in total. The quantitative estimate of drug-likeness (QED) is 0.481. The minimum Gasteiger partial charge on any atom is -0.489 e. The van der Waals surface area contributed by atoms with Gasteiger partial charge in [0.15, 0.2) is 0 Å². The predicted molar refractivity (Wildman–Crippen MR) is 109 cm³/mol. The molecule has 0 aliphatic heterocycles. The summed E-state index contributed by atoms with van der Waals surface area (Å²) in [5.74, 6) is 0.948. The third-order valence-corrected chi connectivity index (χ3v) is 4.85. The topological polar surface area (TPSA) is 73.6 Å². The molecule has 0 spiro atoms. The summed E-state index contributed by atoms with van der Waals surface area (Å²) in [5, 5.41) is 6.58. The van der Waals surface area contributed by atoms with E-state index in [2.05, 4.69) is 31.1 Å². The normalized spacial score (nSPS) is 10.9. The lowest BCUT2D eigenvalue weighted by atomic mass is 10.1. The number of hydrogen-bond donors (Lipinski definition) is 1. The van der Waals surface area contributed by atoms with Gasteiger partial charge in [-0.1, -0.05) is 21.1 Å². The zero-order chi connectivity index (χ0) is 21.7. The molecule has 0 saturated carbocycles. The molecular weight excluding hydrogens is 462 g/mol. The van der Waals surface area contributed by atoms with Crippen molar-refractivity contribution in [1.82, 2.24) is 10.5 Å². The summed E-state index contributed by atoms with van der Waals surface area (Å²) in [6, 6.07) is 11.2. The average Bonchev–Trinajstić information content (AvgIpc) is 3.04. The lowest BCUT2D eigenvalue weighted by molar-refractivity contribution is -0.0504. The maximum atomic E-state index is 12.6. The van der Waals surface area contributed by atoms with Crippen LogP contribution in [0.4, 0.5) is 8.78 Å². The molecule has 1 aromatic heterocycles. The van der Waals surface area contributed by atoms with Crippen molar-refractivity contribution in [3.05, 3.63) is 75.1 Å². The highest BCUT2D eigenvalue weighted by Gasteiger charge is 2.13. The number of aromatic nitrogens is 1. The van der Waals surface area contributed by atoms with E-state index in [1.165, 1.54) is 6.07 Å². The van der Waals surface area contributed by atoms with Crippen molar-refractivity contribution in [2.75, 3.05) is 0 Å². The Labute approximate surface area is 180 Å². The highest BCUT2D eigenvalue weighted by molar-refractivity contribution is 9.10. The Kier molecular flexibility index (Phi) is 7.04. The van der Waals surface area contributed by atoms with Crippen LogP contribution in [0.25, 0.3) is 0 Å². The predicted octanol–water partition coefficient (Wildman–Crippen LogP) is 5.16. The van der Waals surface area contributed by atoms with Crippen LogP contribution in [-0.4, -0.2) is 17.7 Å². The summed E-state index contributed by atoms with van der Waals surface area (Å²) in [6.45, 7) is 1.05. The largest absolute Gasteiger partial charge is 0.489 e. The number of nitrogens with one attached hydrogen (secondary N) is 1. The molecule has 0 radical (unpaired) electrons. The zero-order valence-electron chi connectivity index (χ0n) is 16.2. The Morgan fingerprint density at radius 2 is 1.93 bits per heavy atom. The van der Waals surface area contributed by atoms with Crippen LogP contribution in [0.2, 0.25) is 0 Å². The number of amides is 1. The molecule has 0 fully saturated rings. The van der Waals surface area contributed by atoms with Crippen LogP contribution in [-0.2, 0) is 13.2 Å². The van der Waals surface area contributed by atoms with Crippen molar-refractivity contribution >= 4 is 21.8 Å². The van der Waals surface area contributed by atoms with Crippen molar-refractivity contribution in [1.29, 1.82) is 0 Å². The van der Waals surface area contributed by atoms with Crippen molar-refractivity contribution in [3.63, 3.8) is 0 Å². The molecule has 3 aromatic rings. The molecule has 0 bridgehead atoms. The molecule has 6 nitrogen and oxygen atoms in total. The van der Waals surface area contributed by atoms with E-state index >= 15 is 0 Å². The number of alkyl halides is 2. The molecule has 30 heavy (non-hydrogen) atoms. The SMILES string of the molecule is Cc1noc(C)c1COc1ccc(C(=O)NCc2cc(Br)ccc2OC(F)F)cc1. The van der Waals surface area contributed by atoms with Crippen molar-refractivity contribution in [2.45, 2.75) is 33.6 Å². The van der Waals surface area contributed by atoms with Crippen LogP contribution in [0.3, 0.4) is 0 Å². The maximum Gasteiger partial charge on any atom is 0.387 e. The van der Waals surface area contributed by atoms with Crippen LogP contribution < -0.4 is 14.8 Å². The summed E-state index contributed by atoms with van der Waals surface area (Å²) in [6.07, 6.45) is 0. The minimum atomic E-state index is -2.95. The second-order valence-electron chi connectivity index (χ2n) is 6.43. The number of carbonyl (C=O) groups excluding carboxylic acids is 1. The first-order valence-electron chi connectivity index (χ1n) is 8.99. The van der Waals surface area contributed by atoms with Gasteiger partial charge in [0.05, 0.1) is 11.3 Å². The first-order chi connectivity index (χ1) is 14.3. The molecule has 2 aromatic carbocycles. The molecule has 1 amide bonds. The standard InChI is InChI=1S/C21H19BrF2N2O4/c1-12-18(13(2)30-26-12)11-28-17-6-3-14(4-7-17)20(27)25-10-15-9-16(22)5-8-19(15)29-21(23)24/h3-9,21H,10-11H2,1-2H3,(H,25,27). The van der Waals surface area contributed by atoms with Gasteiger partial charge < -0.3 is 19.3 Å². The fourth-order valence-corrected chi connectivity index (χ4v) is 3.15. The van der Waals surface area contributed by atoms with Gasteiger partial charge in [-0.2, -0.15) is 8.78 Å². The fourth-order valence-electron chi connectivity index (χ4n) is 2.74. The van der Waals surface area contributed by atoms with Crippen molar-refractivity contribution in [2.24, 2.45) is 0 Å². The average molecular weight is 481 g/mol. The van der Waals surface area contributed by atoms with Gasteiger partial charge >= 0.3 is 6.61 Å². The van der Waals surface area contributed by atoms with Gasteiger partial charge in [-0.15, -0.1) is 0 Å². The van der Waals surface area contributed by atoms with Gasteiger partial charge in [0.2, 0.25) is 0 Å². The van der Waals surface area contributed by atoms with E-state index in [9.17, 15) is 13.6 Å². The second kappa shape index (κ2) is 9.71. The molecule has 0 aliphatic carbocycles. The summed E-state index contributed by atoms with van der Waals surface area (Å²) in [7, 11) is 0. The summed E-state index contributed by atoms with van der Waals surface area (Å²) in [5.41, 5.74) is 2.49. The number of halogens is 3. The van der Waals surface area contributed by atoms with Crippen LogP contribution in [0.1, 0.15) is 32.9 Å². The van der Waals surface area contributed by atoms with Gasteiger partial charge in [-0.25, -0.2) is 0 Å². The van der Waals surface area contributed by atoms with Crippen LogP contribution in [0.5, 0.6) is 11.5 Å². The van der Waals surface area contributed by atoms with E-state index in [0.29, 0.717) is 33.7 Å². The molecule has 0 saturated heterocycles. The number of benzene rings is 2. The number of ether oxygens (including phenoxy) is 2. The number of rotatable bonds is 8. The zero-order valence-corrected chi connectivity index (χ0v) is 17.8. The van der Waals surface area contributed by atoms with Gasteiger partial charge in [0, 0.05) is 22.1 Å². The Bertz CT molecular complexity index is 1000. The van der Waals surface area contributed by atoms with Gasteiger partial charge in [0.25, 0.3) is 5.91 Å². The molecule has 0 atom stereocenters. The smallest absolute Gasteiger partial charge is 0.387 e. The van der Waals surface area contributed by atoms with E-state index in [4.69, 9.17) is 9.26 Å². The number of carbonyl (C=O) groups is 1. The molecule has 158 valence electrons. The summed E-state index contributed by atoms with van der Waals surface area (Å²) in [4.78, 5) is 12.4. The summed E-state index contributed by atoms with van der Waals surface area (Å²) < 4.78 is 41.1. The third kappa shape index (κ3) is 5.56. The second-order valence-corrected chi connectivity index (χ2v) is 7.34. The maximum absolute atomic E-state index is 12.6. The third-order valence-electron chi connectivity index (χ3n) is 4.36. The highest BCUT2D eigenvalue weighted by atomic mass is 79.9. The minimum absolute atomic E-state index is 0.0107. The number of nitrogens with zero attached hydrogens (tertiary/aromatic N) is 1. The Morgan fingerprint density at radius 1 is 1.20 bits per heavy atom. The van der Waals surface area contributed by atoms with Gasteiger partial charge in [-0.05, 0) is 56.3 Å². The van der Waals surface area contributed by atoms with E-state index in [0.717, 1.165) is 11.3 Å². The molecule has 9 heteroatoms. The molecule has 0 unspecified atom stereocenters. The first-order valence-corrected chi connectivity index (χ1v) is 9.79. The summed E-state index contributed by atoms with van der Waals surface area (Å²) >= 11 is 3.28. The highest BCUT2D eigenvalue weighted by Crippen LogP contribution is 2.25. The molecule has 3 rings (SSSR count). The number of hydrogen-bond acceptors (Lipinski definition) is 5. The van der Waals surface area contributed by atoms with E-state index in [1.54, 1.807) is 36.4 Å². The lowest BCUT2D eigenvalue weighted by Gasteiger charge is -2.12. The van der Waals surface area contributed by atoms with Gasteiger partial charge in [-0.3, -0.25) is 4.79 Å². The van der Waals surface area contributed by atoms with E-state index < -0.39 is 6.61 Å². The first kappa shape index (κ1) is 21.8. The lowest BCUT2D eigenvalue weighted by Crippen LogP contribution is -2.23. The van der Waals surface area contributed by atoms with Crippen molar-refractivity contribution < 1.29 is 27.6 Å². The molecule has 0 aliphatic rings. The Hall–Kier alpha value is -2.94.